The number of oxime groups is 1. The molecular weight excluding hydrogens is 380 g/mol. The van der Waals surface area contributed by atoms with Crippen LogP contribution in [0.5, 0.6) is 11.6 Å². The molecule has 3 aromatic rings. The number of carbonyl (C=O) groups excluding carboxylic acids is 1. The van der Waals surface area contributed by atoms with Gasteiger partial charge >= 0.3 is 0 Å². The Morgan fingerprint density at radius 1 is 1.10 bits per heavy atom. The van der Waals surface area contributed by atoms with Gasteiger partial charge in [0.05, 0.1) is 5.56 Å². The van der Waals surface area contributed by atoms with Crippen molar-refractivity contribution in [2.45, 2.75) is 19.8 Å². The van der Waals surface area contributed by atoms with Gasteiger partial charge in [-0.05, 0) is 47.9 Å². The van der Waals surface area contributed by atoms with Crippen LogP contribution >= 0.6 is 0 Å². The van der Waals surface area contributed by atoms with Crippen LogP contribution in [0.2, 0.25) is 0 Å². The van der Waals surface area contributed by atoms with Crippen molar-refractivity contribution in [3.8, 4) is 11.6 Å². The van der Waals surface area contributed by atoms with Crippen molar-refractivity contribution in [1.29, 1.82) is 0 Å². The van der Waals surface area contributed by atoms with Crippen LogP contribution in [0.3, 0.4) is 0 Å². The summed E-state index contributed by atoms with van der Waals surface area (Å²) in [5, 5.41) is 6.62. The Balaban J connectivity index is 1.60. The van der Waals surface area contributed by atoms with Gasteiger partial charge in [0.1, 0.15) is 5.75 Å². The van der Waals surface area contributed by atoms with Gasteiger partial charge < -0.3 is 20.6 Å². The number of amidine groups is 1. The number of amides is 1. The van der Waals surface area contributed by atoms with E-state index in [9.17, 15) is 4.79 Å². The van der Waals surface area contributed by atoms with E-state index in [-0.39, 0.29) is 18.3 Å². The predicted molar refractivity (Wildman–Crippen MR) is 117 cm³/mol. The van der Waals surface area contributed by atoms with Gasteiger partial charge in [-0.15, -0.1) is 0 Å². The lowest BCUT2D eigenvalue weighted by molar-refractivity contribution is -0.120. The Hall–Kier alpha value is -3.87. The van der Waals surface area contributed by atoms with Crippen LogP contribution in [0.1, 0.15) is 30.9 Å². The predicted octanol–water partition coefficient (Wildman–Crippen LogP) is 4.27. The zero-order valence-electron chi connectivity index (χ0n) is 16.9. The molecule has 2 aromatic carbocycles. The van der Waals surface area contributed by atoms with E-state index in [2.05, 4.69) is 29.3 Å². The number of nitrogens with one attached hydrogen (secondary N) is 1. The molecule has 0 fully saturated rings. The fourth-order valence-corrected chi connectivity index (χ4v) is 2.65. The van der Waals surface area contributed by atoms with Gasteiger partial charge in [0.2, 0.25) is 5.88 Å². The Labute approximate surface area is 175 Å². The van der Waals surface area contributed by atoms with E-state index in [0.29, 0.717) is 28.8 Å². The average Bonchev–Trinajstić information content (AvgIpc) is 2.75. The first-order valence-corrected chi connectivity index (χ1v) is 9.56. The summed E-state index contributed by atoms with van der Waals surface area (Å²) in [5.41, 5.74) is 8.32. The second-order valence-electron chi connectivity index (χ2n) is 6.85. The van der Waals surface area contributed by atoms with Crippen molar-refractivity contribution in [3.05, 3.63) is 84.1 Å². The Morgan fingerprint density at radius 2 is 1.90 bits per heavy atom. The topological polar surface area (TPSA) is 98.8 Å². The third-order valence-corrected chi connectivity index (χ3v) is 4.20. The number of nitrogens with two attached hydrogens (primary N) is 1. The molecule has 3 N–H and O–H groups in total. The molecule has 1 amide bonds. The maximum Gasteiger partial charge on any atom is 0.265 e. The highest BCUT2D eigenvalue weighted by molar-refractivity contribution is 5.99. The van der Waals surface area contributed by atoms with Crippen molar-refractivity contribution in [2.75, 3.05) is 11.9 Å². The zero-order valence-corrected chi connectivity index (χ0v) is 16.9. The van der Waals surface area contributed by atoms with Crippen molar-refractivity contribution in [1.82, 2.24) is 4.98 Å². The maximum atomic E-state index is 12.1. The third-order valence-electron chi connectivity index (χ3n) is 4.20. The number of benzene rings is 2. The minimum atomic E-state index is -0.334. The molecule has 0 bridgehead atoms. The smallest absolute Gasteiger partial charge is 0.265 e. The summed E-state index contributed by atoms with van der Waals surface area (Å²) in [6.07, 6.45) is 1.59. The zero-order chi connectivity index (χ0) is 21.3. The molecule has 0 saturated carbocycles. The highest BCUT2D eigenvalue weighted by Gasteiger charge is 2.11. The number of nitrogens with zero attached hydrogens (tertiary/aromatic N) is 2. The molecule has 1 aromatic heterocycles. The summed E-state index contributed by atoms with van der Waals surface area (Å²) in [5.74, 6) is 1.01. The maximum absolute atomic E-state index is 12.1. The van der Waals surface area contributed by atoms with Gasteiger partial charge in [-0.25, -0.2) is 4.98 Å². The van der Waals surface area contributed by atoms with Crippen molar-refractivity contribution in [2.24, 2.45) is 10.9 Å². The van der Waals surface area contributed by atoms with Crippen LogP contribution in [-0.2, 0) is 9.63 Å². The van der Waals surface area contributed by atoms with Crippen LogP contribution in [-0.4, -0.2) is 23.3 Å². The number of pyridine rings is 1. The van der Waals surface area contributed by atoms with E-state index < -0.39 is 0 Å². The molecule has 0 radical (unpaired) electrons. The second kappa shape index (κ2) is 10.1. The van der Waals surface area contributed by atoms with E-state index in [1.165, 1.54) is 0 Å². The number of anilines is 1. The first kappa shape index (κ1) is 20.9. The average molecular weight is 404 g/mol. The molecule has 1 heterocycles. The minimum absolute atomic E-state index is 0.0589. The van der Waals surface area contributed by atoms with E-state index in [1.54, 1.807) is 30.5 Å². The number of ether oxygens (including phenoxy) is 1. The molecule has 0 atom stereocenters. The summed E-state index contributed by atoms with van der Waals surface area (Å²) in [6, 6.07) is 20.3. The Bertz CT molecular complexity index is 1020. The van der Waals surface area contributed by atoms with Gasteiger partial charge in [-0.3, -0.25) is 4.79 Å². The lowest BCUT2D eigenvalue weighted by atomic mass is 10.0. The van der Waals surface area contributed by atoms with Gasteiger partial charge in [-0.2, -0.15) is 0 Å². The third kappa shape index (κ3) is 5.81. The molecule has 0 aliphatic carbocycles. The van der Waals surface area contributed by atoms with Crippen molar-refractivity contribution >= 4 is 17.4 Å². The van der Waals surface area contributed by atoms with Crippen LogP contribution in [0.25, 0.3) is 0 Å². The molecule has 0 spiro atoms. The fraction of sp³-hybridized carbons (Fsp3) is 0.174. The Morgan fingerprint density at radius 3 is 2.67 bits per heavy atom. The monoisotopic (exact) mass is 404 g/mol. The van der Waals surface area contributed by atoms with Crippen molar-refractivity contribution in [3.63, 3.8) is 0 Å². The lowest BCUT2D eigenvalue weighted by Crippen LogP contribution is -2.20. The molecule has 30 heavy (non-hydrogen) atoms. The van der Waals surface area contributed by atoms with E-state index in [0.717, 1.165) is 5.56 Å². The summed E-state index contributed by atoms with van der Waals surface area (Å²) in [7, 11) is 0. The summed E-state index contributed by atoms with van der Waals surface area (Å²) < 4.78 is 5.76. The number of carbonyl (C=O) groups is 1. The fourth-order valence-electron chi connectivity index (χ4n) is 2.65. The van der Waals surface area contributed by atoms with E-state index in [4.69, 9.17) is 15.3 Å². The van der Waals surface area contributed by atoms with Gasteiger partial charge in [0.25, 0.3) is 5.91 Å². The van der Waals surface area contributed by atoms with E-state index in [1.807, 2.05) is 42.5 Å². The van der Waals surface area contributed by atoms with Crippen LogP contribution in [0.15, 0.2) is 78.1 Å². The lowest BCUT2D eigenvalue weighted by Gasteiger charge is -2.10. The van der Waals surface area contributed by atoms with Crippen molar-refractivity contribution < 1.29 is 14.4 Å². The van der Waals surface area contributed by atoms with Gasteiger partial charge in [0, 0.05) is 11.9 Å². The minimum Gasteiger partial charge on any atom is -0.438 e. The number of hydrogen-bond acceptors (Lipinski definition) is 5. The normalized spacial score (nSPS) is 11.2. The molecule has 0 saturated heterocycles. The number of rotatable bonds is 8. The molecule has 7 nitrogen and oxygen atoms in total. The van der Waals surface area contributed by atoms with Crippen LogP contribution in [0, 0.1) is 0 Å². The van der Waals surface area contributed by atoms with Crippen LogP contribution < -0.4 is 15.8 Å². The number of aromatic nitrogens is 1. The highest BCUT2D eigenvalue weighted by atomic mass is 16.6. The standard InChI is InChI=1S/C23H24N4O3/c1-16(2)17-8-6-9-18(14-17)26-21(28)15-29-27-22(24)20-12-7-13-25-23(20)30-19-10-4-3-5-11-19/h3-14,16H,15H2,1-2H3,(H2,24,27)(H,26,28). The van der Waals surface area contributed by atoms with Crippen LogP contribution in [0.4, 0.5) is 5.69 Å². The number of hydrogen-bond donors (Lipinski definition) is 2. The summed E-state index contributed by atoms with van der Waals surface area (Å²) >= 11 is 0. The second-order valence-corrected chi connectivity index (χ2v) is 6.85. The molecule has 3 rings (SSSR count). The SMILES string of the molecule is CC(C)c1cccc(NC(=O)CO/N=C(/N)c2cccnc2Oc2ccccc2)c1. The first-order chi connectivity index (χ1) is 14.5. The summed E-state index contributed by atoms with van der Waals surface area (Å²) in [6.45, 7) is 3.91. The quantitative estimate of drug-likeness (QED) is 0.332. The molecule has 0 aliphatic rings. The molecule has 154 valence electrons. The molecular formula is C23H24N4O3. The first-order valence-electron chi connectivity index (χ1n) is 9.56. The van der Waals surface area contributed by atoms with Gasteiger partial charge in [-0.1, -0.05) is 49.3 Å². The largest absolute Gasteiger partial charge is 0.438 e. The summed E-state index contributed by atoms with van der Waals surface area (Å²) in [4.78, 5) is 21.5. The molecule has 7 heteroatoms. The van der Waals surface area contributed by atoms with Gasteiger partial charge in [0.15, 0.2) is 12.4 Å². The highest BCUT2D eigenvalue weighted by Crippen LogP contribution is 2.22. The molecule has 0 unspecified atom stereocenters. The number of para-hydroxylation sites is 1. The molecule has 0 aliphatic heterocycles. The Kier molecular flexibility index (Phi) is 7.00. The van der Waals surface area contributed by atoms with E-state index >= 15 is 0 Å².